The normalized spacial score (nSPS) is 11.8. The van der Waals surface area contributed by atoms with Crippen molar-refractivity contribution >= 4 is 50.7 Å². The molecule has 0 saturated carbocycles. The molecule has 112 valence electrons. The molecule has 2 aromatic rings. The molecule has 0 heterocycles. The molecule has 0 aliphatic rings. The quantitative estimate of drug-likeness (QED) is 0.357. The molecule has 0 radical (unpaired) electrons. The van der Waals surface area contributed by atoms with E-state index in [0.29, 0.717) is 21.7 Å². The molecular formula is C14H7BrCl3F3. The summed E-state index contributed by atoms with van der Waals surface area (Å²) in [5.41, 5.74) is 0.407. The van der Waals surface area contributed by atoms with E-state index in [1.165, 1.54) is 12.1 Å². The fraction of sp³-hybridized carbons (Fsp3) is 0.143. The van der Waals surface area contributed by atoms with Gasteiger partial charge >= 0.3 is 6.18 Å². The van der Waals surface area contributed by atoms with Gasteiger partial charge in [0.25, 0.3) is 0 Å². The molecule has 0 amide bonds. The summed E-state index contributed by atoms with van der Waals surface area (Å²) in [6.07, 6.45) is -4.44. The van der Waals surface area contributed by atoms with Crippen LogP contribution in [0.5, 0.6) is 0 Å². The minimum Gasteiger partial charge on any atom is -0.166 e. The number of rotatable bonds is 2. The van der Waals surface area contributed by atoms with E-state index in [1.807, 2.05) is 0 Å². The van der Waals surface area contributed by atoms with Crippen LogP contribution in [0.2, 0.25) is 15.1 Å². The fourth-order valence-corrected chi connectivity index (χ4v) is 2.89. The third kappa shape index (κ3) is 3.86. The van der Waals surface area contributed by atoms with E-state index in [0.717, 1.165) is 12.1 Å². The van der Waals surface area contributed by atoms with Crippen molar-refractivity contribution in [3.05, 3.63) is 56.5 Å². The molecular weight excluding hydrogens is 411 g/mol. The van der Waals surface area contributed by atoms with Gasteiger partial charge in [0, 0.05) is 15.9 Å². The van der Waals surface area contributed by atoms with Crippen LogP contribution in [0.3, 0.4) is 0 Å². The van der Waals surface area contributed by atoms with Gasteiger partial charge in [-0.15, -0.1) is 0 Å². The summed E-state index contributed by atoms with van der Waals surface area (Å²) in [6.45, 7) is 0. The lowest BCUT2D eigenvalue weighted by Gasteiger charge is -2.13. The average molecular weight is 418 g/mol. The Bertz CT molecular complexity index is 684. The molecule has 0 aliphatic carbocycles. The molecule has 0 spiro atoms. The summed E-state index contributed by atoms with van der Waals surface area (Å²) >= 11 is 21.1. The van der Waals surface area contributed by atoms with E-state index < -0.39 is 11.7 Å². The molecule has 7 heteroatoms. The van der Waals surface area contributed by atoms with E-state index in [9.17, 15) is 13.2 Å². The van der Waals surface area contributed by atoms with E-state index in [4.69, 9.17) is 34.8 Å². The lowest BCUT2D eigenvalue weighted by molar-refractivity contribution is -0.137. The van der Waals surface area contributed by atoms with Crippen molar-refractivity contribution in [3.63, 3.8) is 0 Å². The molecule has 0 fully saturated rings. The van der Waals surface area contributed by atoms with Crippen LogP contribution in [0, 0.1) is 0 Å². The molecule has 0 N–H and O–H groups in total. The van der Waals surface area contributed by atoms with Gasteiger partial charge in [0.1, 0.15) is 0 Å². The van der Waals surface area contributed by atoms with Gasteiger partial charge in [-0.05, 0) is 35.4 Å². The van der Waals surface area contributed by atoms with Crippen LogP contribution >= 0.6 is 50.7 Å². The maximum Gasteiger partial charge on any atom is 0.416 e. The predicted octanol–water partition coefficient (Wildman–Crippen LogP) is 7.23. The van der Waals surface area contributed by atoms with Crippen LogP contribution < -0.4 is 0 Å². The summed E-state index contributed by atoms with van der Waals surface area (Å²) in [6, 6.07) is 6.65. The second kappa shape index (κ2) is 6.37. The molecule has 0 aliphatic heterocycles. The largest absolute Gasteiger partial charge is 0.416 e. The van der Waals surface area contributed by atoms with Gasteiger partial charge in [-0.3, -0.25) is 0 Å². The number of benzene rings is 2. The Morgan fingerprint density at radius 3 is 2.19 bits per heavy atom. The molecule has 0 aromatic heterocycles. The Labute approximate surface area is 142 Å². The minimum absolute atomic E-state index is 0.168. The van der Waals surface area contributed by atoms with Crippen LogP contribution in [-0.2, 0) is 11.5 Å². The first-order valence-corrected chi connectivity index (χ1v) is 7.90. The molecule has 0 nitrogen and oxygen atoms in total. The van der Waals surface area contributed by atoms with Gasteiger partial charge in [0.05, 0.1) is 15.6 Å². The Morgan fingerprint density at radius 2 is 1.62 bits per heavy atom. The lowest BCUT2D eigenvalue weighted by Crippen LogP contribution is -2.05. The van der Waals surface area contributed by atoms with Crippen molar-refractivity contribution in [1.82, 2.24) is 0 Å². The first kappa shape index (κ1) is 16.9. The smallest absolute Gasteiger partial charge is 0.166 e. The Balaban J connectivity index is 2.69. The SMILES string of the molecule is FC(F)(F)c1cc(CBr)cc(-c2cc(Cl)cc(Cl)c2Cl)c1. The summed E-state index contributed by atoms with van der Waals surface area (Å²) in [5, 5.41) is 0.950. The zero-order valence-electron chi connectivity index (χ0n) is 10.2. The maximum absolute atomic E-state index is 13.0. The minimum atomic E-state index is -4.44. The van der Waals surface area contributed by atoms with Crippen molar-refractivity contribution in [1.29, 1.82) is 0 Å². The zero-order valence-corrected chi connectivity index (χ0v) is 14.1. The number of hydrogen-bond donors (Lipinski definition) is 0. The van der Waals surface area contributed by atoms with Crippen molar-refractivity contribution in [2.24, 2.45) is 0 Å². The number of hydrogen-bond acceptors (Lipinski definition) is 0. The summed E-state index contributed by atoms with van der Waals surface area (Å²) in [5.74, 6) is 0. The first-order valence-electron chi connectivity index (χ1n) is 5.64. The predicted molar refractivity (Wildman–Crippen MR) is 84.5 cm³/mol. The Kier molecular flexibility index (Phi) is 5.14. The molecule has 0 saturated heterocycles. The molecule has 2 rings (SSSR count). The standard InChI is InChI=1S/C14H7BrCl3F3/c15-6-7-1-8(3-9(2-7)14(19,20)21)11-4-10(16)5-12(17)13(11)18/h1-5H,6H2. The Hall–Kier alpha value is -0.420. The van der Waals surface area contributed by atoms with Gasteiger partial charge in [-0.25, -0.2) is 0 Å². The molecule has 2 aromatic carbocycles. The summed E-state index contributed by atoms with van der Waals surface area (Å²) < 4.78 is 38.9. The molecule has 0 bridgehead atoms. The average Bonchev–Trinajstić information content (AvgIpc) is 2.41. The highest BCUT2D eigenvalue weighted by atomic mass is 79.9. The van der Waals surface area contributed by atoms with Crippen LogP contribution in [0.4, 0.5) is 13.2 Å². The monoisotopic (exact) mass is 416 g/mol. The van der Waals surface area contributed by atoms with Crippen molar-refractivity contribution in [2.75, 3.05) is 0 Å². The topological polar surface area (TPSA) is 0 Å². The third-order valence-corrected chi connectivity index (χ3v) is 4.45. The maximum atomic E-state index is 13.0. The highest BCUT2D eigenvalue weighted by molar-refractivity contribution is 9.08. The zero-order chi connectivity index (χ0) is 15.8. The molecule has 0 unspecified atom stereocenters. The summed E-state index contributed by atoms with van der Waals surface area (Å²) in [4.78, 5) is 0. The van der Waals surface area contributed by atoms with Gasteiger partial charge in [-0.2, -0.15) is 13.2 Å². The molecule has 21 heavy (non-hydrogen) atoms. The second-order valence-electron chi connectivity index (χ2n) is 4.30. The first-order chi connectivity index (χ1) is 9.72. The van der Waals surface area contributed by atoms with Gasteiger partial charge in [0.2, 0.25) is 0 Å². The van der Waals surface area contributed by atoms with Crippen molar-refractivity contribution < 1.29 is 13.2 Å². The van der Waals surface area contributed by atoms with Crippen LogP contribution in [0.15, 0.2) is 30.3 Å². The van der Waals surface area contributed by atoms with E-state index in [1.54, 1.807) is 6.07 Å². The third-order valence-electron chi connectivity index (χ3n) is 2.78. The van der Waals surface area contributed by atoms with Gasteiger partial charge in [0.15, 0.2) is 0 Å². The van der Waals surface area contributed by atoms with E-state index in [2.05, 4.69) is 15.9 Å². The van der Waals surface area contributed by atoms with E-state index in [-0.39, 0.29) is 15.4 Å². The second-order valence-corrected chi connectivity index (χ2v) is 6.08. The van der Waals surface area contributed by atoms with Gasteiger partial charge in [-0.1, -0.05) is 56.8 Å². The van der Waals surface area contributed by atoms with E-state index >= 15 is 0 Å². The number of halogens is 7. The van der Waals surface area contributed by atoms with Crippen LogP contribution in [0.1, 0.15) is 11.1 Å². The summed E-state index contributed by atoms with van der Waals surface area (Å²) in [7, 11) is 0. The number of alkyl halides is 4. The van der Waals surface area contributed by atoms with Crippen molar-refractivity contribution in [2.45, 2.75) is 11.5 Å². The van der Waals surface area contributed by atoms with Crippen LogP contribution in [0.25, 0.3) is 11.1 Å². The highest BCUT2D eigenvalue weighted by Gasteiger charge is 2.31. The molecule has 0 atom stereocenters. The fourth-order valence-electron chi connectivity index (χ4n) is 1.85. The Morgan fingerprint density at radius 1 is 0.952 bits per heavy atom. The lowest BCUT2D eigenvalue weighted by atomic mass is 10.00. The van der Waals surface area contributed by atoms with Crippen molar-refractivity contribution in [3.8, 4) is 11.1 Å². The van der Waals surface area contributed by atoms with Gasteiger partial charge < -0.3 is 0 Å². The highest BCUT2D eigenvalue weighted by Crippen LogP contribution is 2.39. The van der Waals surface area contributed by atoms with Crippen LogP contribution in [-0.4, -0.2) is 0 Å².